The first-order chi connectivity index (χ1) is 13.0. The average Bonchev–Trinajstić information content (AvgIpc) is 3.16. The van der Waals surface area contributed by atoms with Crippen molar-refractivity contribution in [3.05, 3.63) is 29.3 Å². The van der Waals surface area contributed by atoms with Crippen LogP contribution in [0.15, 0.2) is 23.1 Å². The zero-order valence-electron chi connectivity index (χ0n) is 16.5. The summed E-state index contributed by atoms with van der Waals surface area (Å²) in [5.74, 6) is 0.122. The van der Waals surface area contributed by atoms with Crippen molar-refractivity contribution < 1.29 is 13.2 Å². The van der Waals surface area contributed by atoms with E-state index < -0.39 is 10.0 Å². The van der Waals surface area contributed by atoms with Crippen molar-refractivity contribution >= 4 is 15.9 Å². The summed E-state index contributed by atoms with van der Waals surface area (Å²) in [5, 5.41) is 0. The van der Waals surface area contributed by atoms with E-state index in [-0.39, 0.29) is 5.91 Å². The van der Waals surface area contributed by atoms with Gasteiger partial charge in [-0.05, 0) is 55.6 Å². The number of fused-ring (bicyclic) bond motifs is 1. The molecule has 0 N–H and O–H groups in total. The maximum atomic E-state index is 13.0. The lowest BCUT2D eigenvalue weighted by atomic mass is 10.1. The third-order valence-corrected chi connectivity index (χ3v) is 7.73. The molecule has 2 aliphatic rings. The Morgan fingerprint density at radius 2 is 1.70 bits per heavy atom. The van der Waals surface area contributed by atoms with Gasteiger partial charge in [-0.2, -0.15) is 4.31 Å². The molecule has 0 bridgehead atoms. The van der Waals surface area contributed by atoms with Gasteiger partial charge >= 0.3 is 0 Å². The molecule has 1 aromatic carbocycles. The summed E-state index contributed by atoms with van der Waals surface area (Å²) in [6.45, 7) is 8.52. The fraction of sp³-hybridized carbons (Fsp3) is 0.650. The Morgan fingerprint density at radius 3 is 2.37 bits per heavy atom. The van der Waals surface area contributed by atoms with Crippen molar-refractivity contribution in [2.24, 2.45) is 0 Å². The van der Waals surface area contributed by atoms with Crippen LogP contribution in [-0.2, 0) is 27.7 Å². The molecule has 1 aromatic rings. The lowest BCUT2D eigenvalue weighted by Crippen LogP contribution is -2.50. The summed E-state index contributed by atoms with van der Waals surface area (Å²) < 4.78 is 27.5. The fourth-order valence-corrected chi connectivity index (χ4v) is 5.46. The molecule has 0 unspecified atom stereocenters. The second-order valence-corrected chi connectivity index (χ2v) is 9.28. The lowest BCUT2D eigenvalue weighted by molar-refractivity contribution is -0.132. The van der Waals surface area contributed by atoms with E-state index in [0.29, 0.717) is 37.5 Å². The summed E-state index contributed by atoms with van der Waals surface area (Å²) in [5.41, 5.74) is 2.44. The number of piperazine rings is 1. The van der Waals surface area contributed by atoms with Gasteiger partial charge in [0.2, 0.25) is 15.9 Å². The van der Waals surface area contributed by atoms with E-state index >= 15 is 0 Å². The molecule has 0 spiro atoms. The van der Waals surface area contributed by atoms with Crippen LogP contribution in [0.25, 0.3) is 0 Å². The number of benzene rings is 1. The standard InChI is InChI=1S/C20H31N3O3S/c1-3-21(4-2)11-10-20(24)22-12-14-23(15-13-22)27(25,26)19-9-8-17-6-5-7-18(17)16-19/h8-9,16H,3-7,10-15H2,1-2H3. The van der Waals surface area contributed by atoms with Crippen molar-refractivity contribution in [2.75, 3.05) is 45.8 Å². The lowest BCUT2D eigenvalue weighted by Gasteiger charge is -2.34. The Balaban J connectivity index is 1.57. The SMILES string of the molecule is CCN(CC)CCC(=O)N1CCN(S(=O)(=O)c2ccc3c(c2)CCC3)CC1. The molecule has 6 nitrogen and oxygen atoms in total. The minimum atomic E-state index is -3.48. The van der Waals surface area contributed by atoms with E-state index in [1.165, 1.54) is 15.4 Å². The van der Waals surface area contributed by atoms with E-state index in [1.54, 1.807) is 11.0 Å². The van der Waals surface area contributed by atoms with E-state index in [9.17, 15) is 13.2 Å². The number of rotatable bonds is 7. The summed E-state index contributed by atoms with van der Waals surface area (Å²) in [6, 6.07) is 5.54. The molecule has 0 aromatic heterocycles. The molecule has 27 heavy (non-hydrogen) atoms. The van der Waals surface area contributed by atoms with Crippen LogP contribution < -0.4 is 0 Å². The quantitative estimate of drug-likeness (QED) is 0.708. The molecule has 150 valence electrons. The molecule has 1 amide bonds. The molecular weight excluding hydrogens is 362 g/mol. The van der Waals surface area contributed by atoms with Gasteiger partial charge in [0.25, 0.3) is 0 Å². The van der Waals surface area contributed by atoms with Gasteiger partial charge in [-0.15, -0.1) is 0 Å². The van der Waals surface area contributed by atoms with E-state index in [1.807, 2.05) is 12.1 Å². The first-order valence-corrected chi connectivity index (χ1v) is 11.5. The van der Waals surface area contributed by atoms with Gasteiger partial charge in [-0.1, -0.05) is 19.9 Å². The van der Waals surface area contributed by atoms with Crippen molar-refractivity contribution in [2.45, 2.75) is 44.4 Å². The fourth-order valence-electron chi connectivity index (χ4n) is 3.99. The third kappa shape index (κ3) is 4.52. The van der Waals surface area contributed by atoms with Gasteiger partial charge in [0.05, 0.1) is 4.90 Å². The Hall–Kier alpha value is -1.44. The summed E-state index contributed by atoms with van der Waals surface area (Å²) in [6.07, 6.45) is 3.61. The monoisotopic (exact) mass is 393 g/mol. The summed E-state index contributed by atoms with van der Waals surface area (Å²) in [7, 11) is -3.48. The molecule has 1 heterocycles. The molecule has 0 atom stereocenters. The minimum Gasteiger partial charge on any atom is -0.340 e. The number of aryl methyl sites for hydroxylation is 2. The predicted octanol–water partition coefficient (Wildman–Crippen LogP) is 1.74. The predicted molar refractivity (Wildman–Crippen MR) is 106 cm³/mol. The van der Waals surface area contributed by atoms with Crippen molar-refractivity contribution in [3.8, 4) is 0 Å². The molecule has 1 aliphatic heterocycles. The van der Waals surface area contributed by atoms with Crippen LogP contribution in [0.5, 0.6) is 0 Å². The zero-order valence-corrected chi connectivity index (χ0v) is 17.3. The van der Waals surface area contributed by atoms with Gasteiger partial charge in [0.15, 0.2) is 0 Å². The number of hydrogen-bond acceptors (Lipinski definition) is 4. The number of carbonyl (C=O) groups excluding carboxylic acids is 1. The second kappa shape index (κ2) is 8.71. The number of hydrogen-bond donors (Lipinski definition) is 0. The highest BCUT2D eigenvalue weighted by Crippen LogP contribution is 2.26. The first-order valence-electron chi connectivity index (χ1n) is 10.1. The normalized spacial score (nSPS) is 18.1. The van der Waals surface area contributed by atoms with Gasteiger partial charge in [0, 0.05) is 39.1 Å². The molecule has 0 radical (unpaired) electrons. The van der Waals surface area contributed by atoms with Crippen LogP contribution >= 0.6 is 0 Å². The van der Waals surface area contributed by atoms with Crippen molar-refractivity contribution in [1.29, 1.82) is 0 Å². The van der Waals surface area contributed by atoms with Crippen LogP contribution in [0.1, 0.15) is 37.8 Å². The number of sulfonamides is 1. The highest BCUT2D eigenvalue weighted by molar-refractivity contribution is 7.89. The number of nitrogens with zero attached hydrogens (tertiary/aromatic N) is 3. The van der Waals surface area contributed by atoms with Crippen LogP contribution in [0, 0.1) is 0 Å². The maximum Gasteiger partial charge on any atom is 0.243 e. The Bertz CT molecular complexity index is 767. The molecular formula is C20H31N3O3S. The minimum absolute atomic E-state index is 0.122. The van der Waals surface area contributed by atoms with Gasteiger partial charge in [-0.3, -0.25) is 4.79 Å². The Morgan fingerprint density at radius 1 is 1.04 bits per heavy atom. The number of amides is 1. The maximum absolute atomic E-state index is 13.0. The largest absolute Gasteiger partial charge is 0.340 e. The van der Waals surface area contributed by atoms with E-state index in [0.717, 1.165) is 38.9 Å². The smallest absolute Gasteiger partial charge is 0.243 e. The van der Waals surface area contributed by atoms with E-state index in [2.05, 4.69) is 18.7 Å². The van der Waals surface area contributed by atoms with Gasteiger partial charge in [0.1, 0.15) is 0 Å². The number of carbonyl (C=O) groups is 1. The van der Waals surface area contributed by atoms with Crippen molar-refractivity contribution in [3.63, 3.8) is 0 Å². The third-order valence-electron chi connectivity index (χ3n) is 5.84. The highest BCUT2D eigenvalue weighted by atomic mass is 32.2. The summed E-state index contributed by atoms with van der Waals surface area (Å²) >= 11 is 0. The average molecular weight is 394 g/mol. The summed E-state index contributed by atoms with van der Waals surface area (Å²) in [4.78, 5) is 16.8. The van der Waals surface area contributed by atoms with Crippen LogP contribution in [0.3, 0.4) is 0 Å². The topological polar surface area (TPSA) is 60.9 Å². The van der Waals surface area contributed by atoms with Crippen molar-refractivity contribution in [1.82, 2.24) is 14.1 Å². The second-order valence-electron chi connectivity index (χ2n) is 7.35. The van der Waals surface area contributed by atoms with Crippen LogP contribution in [-0.4, -0.2) is 74.2 Å². The molecule has 1 saturated heterocycles. The molecule has 0 saturated carbocycles. The first kappa shape index (κ1) is 20.3. The van der Waals surface area contributed by atoms with Gasteiger partial charge < -0.3 is 9.80 Å². The highest BCUT2D eigenvalue weighted by Gasteiger charge is 2.30. The van der Waals surface area contributed by atoms with Crippen LogP contribution in [0.4, 0.5) is 0 Å². The molecule has 7 heteroatoms. The Kier molecular flexibility index (Phi) is 6.55. The molecule has 1 fully saturated rings. The van der Waals surface area contributed by atoms with Gasteiger partial charge in [-0.25, -0.2) is 8.42 Å². The zero-order chi connectivity index (χ0) is 19.4. The van der Waals surface area contributed by atoms with Crippen LogP contribution in [0.2, 0.25) is 0 Å². The molecule has 1 aliphatic carbocycles. The molecule has 3 rings (SSSR count). The Labute approximate surface area is 163 Å². The van der Waals surface area contributed by atoms with E-state index in [4.69, 9.17) is 0 Å².